The van der Waals surface area contributed by atoms with Gasteiger partial charge in [-0.05, 0) is 20.3 Å². The highest BCUT2D eigenvalue weighted by atomic mass is 32.1. The smallest absolute Gasteiger partial charge is 0.134 e. The maximum atomic E-state index is 5.15. The van der Waals surface area contributed by atoms with E-state index in [1.165, 1.54) is 11.5 Å². The average Bonchev–Trinajstić information content (AvgIpc) is 2.78. The molecule has 1 N–H and O–H groups in total. The number of anilines is 1. The molecule has 0 aliphatic heterocycles. The third-order valence-electron chi connectivity index (χ3n) is 2.76. The van der Waals surface area contributed by atoms with Crippen molar-refractivity contribution in [1.29, 1.82) is 0 Å². The molecule has 0 amide bonds. The Kier molecular flexibility index (Phi) is 7.15. The predicted octanol–water partition coefficient (Wildman–Crippen LogP) is 2.22. The number of rotatable bonds is 9. The van der Waals surface area contributed by atoms with Gasteiger partial charge >= 0.3 is 0 Å². The van der Waals surface area contributed by atoms with Crippen molar-refractivity contribution in [3.8, 4) is 0 Å². The molecule has 0 saturated heterocycles. The first-order valence-electron chi connectivity index (χ1n) is 6.47. The summed E-state index contributed by atoms with van der Waals surface area (Å²) < 4.78 is 9.19. The van der Waals surface area contributed by atoms with Crippen molar-refractivity contribution in [3.05, 3.63) is 5.69 Å². The standard InChI is InChI=1S/C12H24N4OS/c1-5-6-13-12-11(14-15-18-12)9-16(10(2)3)7-8-17-4/h10,13H,5-9H2,1-4H3. The summed E-state index contributed by atoms with van der Waals surface area (Å²) in [6, 6.07) is 0.473. The van der Waals surface area contributed by atoms with E-state index in [1.807, 2.05) is 0 Å². The second-order valence-corrected chi connectivity index (χ2v) is 5.29. The van der Waals surface area contributed by atoms with Gasteiger partial charge in [0.2, 0.25) is 0 Å². The molecule has 0 fully saturated rings. The van der Waals surface area contributed by atoms with Crippen LogP contribution in [0.3, 0.4) is 0 Å². The van der Waals surface area contributed by atoms with Gasteiger partial charge in [0.15, 0.2) is 0 Å². The van der Waals surface area contributed by atoms with Crippen LogP contribution in [-0.2, 0) is 11.3 Å². The summed E-state index contributed by atoms with van der Waals surface area (Å²) in [4.78, 5) is 2.34. The van der Waals surface area contributed by atoms with Gasteiger partial charge in [-0.25, -0.2) is 0 Å². The number of aromatic nitrogens is 2. The van der Waals surface area contributed by atoms with Crippen LogP contribution >= 0.6 is 11.5 Å². The Balaban J connectivity index is 2.59. The molecule has 1 rings (SSSR count). The zero-order chi connectivity index (χ0) is 13.4. The van der Waals surface area contributed by atoms with Crippen LogP contribution in [0.2, 0.25) is 0 Å². The SMILES string of the molecule is CCCNc1snnc1CN(CCOC)C(C)C. The molecule has 1 heterocycles. The second-order valence-electron chi connectivity index (χ2n) is 4.53. The molecule has 0 saturated carbocycles. The van der Waals surface area contributed by atoms with Gasteiger partial charge in [0.05, 0.1) is 6.61 Å². The quantitative estimate of drug-likeness (QED) is 0.747. The number of hydrogen-bond donors (Lipinski definition) is 1. The topological polar surface area (TPSA) is 50.3 Å². The Morgan fingerprint density at radius 2 is 2.22 bits per heavy atom. The monoisotopic (exact) mass is 272 g/mol. The zero-order valence-electron chi connectivity index (χ0n) is 11.8. The number of nitrogens with one attached hydrogen (secondary N) is 1. The number of hydrogen-bond acceptors (Lipinski definition) is 6. The van der Waals surface area contributed by atoms with Gasteiger partial charge in [-0.15, -0.1) is 5.10 Å². The lowest BCUT2D eigenvalue weighted by molar-refractivity contribution is 0.124. The summed E-state index contributed by atoms with van der Waals surface area (Å²) in [6.45, 7) is 9.98. The van der Waals surface area contributed by atoms with Gasteiger partial charge in [0, 0.05) is 44.3 Å². The van der Waals surface area contributed by atoms with Crippen LogP contribution in [0.4, 0.5) is 5.00 Å². The summed E-state index contributed by atoms with van der Waals surface area (Å²) in [6.07, 6.45) is 1.11. The van der Waals surface area contributed by atoms with Crippen molar-refractivity contribution in [2.24, 2.45) is 0 Å². The van der Waals surface area contributed by atoms with Crippen molar-refractivity contribution in [2.75, 3.05) is 32.1 Å². The van der Waals surface area contributed by atoms with E-state index in [0.29, 0.717) is 6.04 Å². The molecule has 0 aromatic carbocycles. The average molecular weight is 272 g/mol. The molecule has 0 radical (unpaired) electrons. The van der Waals surface area contributed by atoms with E-state index >= 15 is 0 Å². The summed E-state index contributed by atoms with van der Waals surface area (Å²) in [5.41, 5.74) is 1.04. The molecule has 0 spiro atoms. The minimum Gasteiger partial charge on any atom is -0.383 e. The number of methoxy groups -OCH3 is 1. The third kappa shape index (κ3) is 4.88. The normalized spacial score (nSPS) is 11.4. The van der Waals surface area contributed by atoms with Crippen molar-refractivity contribution in [1.82, 2.24) is 14.5 Å². The van der Waals surface area contributed by atoms with Crippen molar-refractivity contribution in [3.63, 3.8) is 0 Å². The van der Waals surface area contributed by atoms with Gasteiger partial charge in [-0.3, -0.25) is 4.90 Å². The Morgan fingerprint density at radius 1 is 1.44 bits per heavy atom. The fraction of sp³-hybridized carbons (Fsp3) is 0.833. The molecule has 6 heteroatoms. The molecule has 0 bridgehead atoms. The van der Waals surface area contributed by atoms with Gasteiger partial charge in [-0.1, -0.05) is 11.4 Å². The van der Waals surface area contributed by atoms with Crippen LogP contribution in [0, 0.1) is 0 Å². The summed E-state index contributed by atoms with van der Waals surface area (Å²) in [5.74, 6) is 0. The maximum Gasteiger partial charge on any atom is 0.134 e. The molecule has 104 valence electrons. The Hall–Kier alpha value is -0.720. The van der Waals surface area contributed by atoms with Crippen molar-refractivity contribution < 1.29 is 4.74 Å². The van der Waals surface area contributed by atoms with E-state index in [0.717, 1.165) is 43.4 Å². The van der Waals surface area contributed by atoms with Crippen LogP contribution in [0.15, 0.2) is 0 Å². The second kappa shape index (κ2) is 8.39. The van der Waals surface area contributed by atoms with Crippen LogP contribution < -0.4 is 5.32 Å². The summed E-state index contributed by atoms with van der Waals surface area (Å²) in [7, 11) is 1.73. The molecule has 0 atom stereocenters. The summed E-state index contributed by atoms with van der Waals surface area (Å²) >= 11 is 1.44. The van der Waals surface area contributed by atoms with Gasteiger partial charge in [0.25, 0.3) is 0 Å². The van der Waals surface area contributed by atoms with Crippen LogP contribution in [0.1, 0.15) is 32.9 Å². The molecular formula is C12H24N4OS. The lowest BCUT2D eigenvalue weighted by atomic mass is 10.3. The first-order chi connectivity index (χ1) is 8.69. The fourth-order valence-corrected chi connectivity index (χ4v) is 2.20. The fourth-order valence-electron chi connectivity index (χ4n) is 1.61. The molecule has 1 aromatic heterocycles. The molecule has 0 unspecified atom stereocenters. The molecule has 0 aliphatic carbocycles. The van der Waals surface area contributed by atoms with Crippen LogP contribution in [0.5, 0.6) is 0 Å². The van der Waals surface area contributed by atoms with Gasteiger partial charge in [-0.2, -0.15) is 0 Å². The first-order valence-corrected chi connectivity index (χ1v) is 7.24. The molecule has 5 nitrogen and oxygen atoms in total. The predicted molar refractivity (Wildman–Crippen MR) is 76.1 cm³/mol. The Morgan fingerprint density at radius 3 is 2.83 bits per heavy atom. The lowest BCUT2D eigenvalue weighted by Crippen LogP contribution is -2.33. The number of nitrogens with zero attached hydrogens (tertiary/aromatic N) is 3. The lowest BCUT2D eigenvalue weighted by Gasteiger charge is -2.25. The van der Waals surface area contributed by atoms with E-state index in [1.54, 1.807) is 7.11 Å². The highest BCUT2D eigenvalue weighted by Crippen LogP contribution is 2.20. The van der Waals surface area contributed by atoms with Crippen LogP contribution in [-0.4, -0.2) is 47.3 Å². The molecule has 1 aromatic rings. The van der Waals surface area contributed by atoms with E-state index in [-0.39, 0.29) is 0 Å². The Bertz CT molecular complexity index is 330. The Labute approximate surface area is 114 Å². The minimum absolute atomic E-state index is 0.473. The molecule has 18 heavy (non-hydrogen) atoms. The summed E-state index contributed by atoms with van der Waals surface area (Å²) in [5, 5.41) is 8.70. The van der Waals surface area contributed by atoms with Crippen molar-refractivity contribution in [2.45, 2.75) is 39.8 Å². The minimum atomic E-state index is 0.473. The molecular weight excluding hydrogens is 248 g/mol. The largest absolute Gasteiger partial charge is 0.383 e. The van der Waals surface area contributed by atoms with Gasteiger partial charge in [0.1, 0.15) is 10.7 Å². The highest BCUT2D eigenvalue weighted by Gasteiger charge is 2.15. The maximum absolute atomic E-state index is 5.15. The third-order valence-corrected chi connectivity index (χ3v) is 3.48. The first kappa shape index (κ1) is 15.3. The van der Waals surface area contributed by atoms with E-state index in [2.05, 4.69) is 40.6 Å². The van der Waals surface area contributed by atoms with E-state index in [9.17, 15) is 0 Å². The van der Waals surface area contributed by atoms with E-state index < -0.39 is 0 Å². The van der Waals surface area contributed by atoms with Gasteiger partial charge < -0.3 is 10.1 Å². The van der Waals surface area contributed by atoms with Crippen molar-refractivity contribution >= 4 is 16.5 Å². The highest BCUT2D eigenvalue weighted by molar-refractivity contribution is 7.10. The van der Waals surface area contributed by atoms with Crippen LogP contribution in [0.25, 0.3) is 0 Å². The number of ether oxygens (including phenoxy) is 1. The zero-order valence-corrected chi connectivity index (χ0v) is 12.6. The van der Waals surface area contributed by atoms with E-state index in [4.69, 9.17) is 4.74 Å². The molecule has 0 aliphatic rings.